The second-order valence-electron chi connectivity index (χ2n) is 11.0. The fourth-order valence-corrected chi connectivity index (χ4v) is 4.89. The molecule has 0 bridgehead atoms. The second kappa shape index (κ2) is 20.1. The normalized spacial score (nSPS) is 10.0. The van der Waals surface area contributed by atoms with Crippen LogP contribution in [-0.2, 0) is 0 Å². The third-order valence-corrected chi connectivity index (χ3v) is 9.00. The number of hydrogen-bond donors (Lipinski definition) is 9. The average Bonchev–Trinajstić information content (AvgIpc) is 3.87. The predicted octanol–water partition coefficient (Wildman–Crippen LogP) is 5.29. The average molecular weight is 966 g/mol. The van der Waals surface area contributed by atoms with Crippen LogP contribution in [-0.4, -0.2) is 53.1 Å². The van der Waals surface area contributed by atoms with Crippen LogP contribution < -0.4 is 28.4 Å². The molecule has 0 aliphatic rings. The zero-order chi connectivity index (χ0) is 40.1. The standard InChI is InChI=1S/C10H9IN2O2.C10H10N2O2.C6H7BO3.C4H5IN2O.C4H6N2O/c1-5-9(10(12)13-15-5)6-2-3-8(14)7(11)4-6;1-6-9(10(11)12-14-6)7-2-4-8(13)5-3-7;8-6-3-1-5(2-4-6)7(9)10;1-2-3(5)4(6)7-8-2;1-3-2-4(5)6-7-3/h2-4,14H,1H3,(H2,12,13);2-5,13H,1H3,(H2,11,12);1-4,8-10H;1H3,(H2,6,7);2H,1H3,(H2,5,6). The van der Waals surface area contributed by atoms with Crippen molar-refractivity contribution >= 4 is 81.0 Å². The van der Waals surface area contributed by atoms with Crippen LogP contribution in [0.1, 0.15) is 23.0 Å². The summed E-state index contributed by atoms with van der Waals surface area (Å²) >= 11 is 4.14. The Morgan fingerprint density at radius 3 is 1.35 bits per heavy atom. The summed E-state index contributed by atoms with van der Waals surface area (Å²) in [5.41, 5.74) is 25.6. The molecule has 3 aromatic carbocycles. The largest absolute Gasteiger partial charge is 0.508 e. The highest BCUT2D eigenvalue weighted by Crippen LogP contribution is 2.33. The Bertz CT molecular complexity index is 2150. The summed E-state index contributed by atoms with van der Waals surface area (Å²) < 4.78 is 20.9. The van der Waals surface area contributed by atoms with Crippen molar-refractivity contribution in [2.24, 2.45) is 0 Å². The molecule has 0 aliphatic carbocycles. The van der Waals surface area contributed by atoms with Gasteiger partial charge in [-0.2, -0.15) is 0 Å². The lowest BCUT2D eigenvalue weighted by molar-refractivity contribution is 0.399. The van der Waals surface area contributed by atoms with Crippen LogP contribution in [0.3, 0.4) is 0 Å². The molecule has 0 saturated heterocycles. The topological polar surface area (TPSA) is 309 Å². The van der Waals surface area contributed by atoms with Crippen molar-refractivity contribution in [2.45, 2.75) is 27.7 Å². The first-order chi connectivity index (χ1) is 25.5. The summed E-state index contributed by atoms with van der Waals surface area (Å²) in [5, 5.41) is 58.7. The van der Waals surface area contributed by atoms with Crippen LogP contribution in [0.25, 0.3) is 22.3 Å². The van der Waals surface area contributed by atoms with Crippen molar-refractivity contribution in [3.63, 3.8) is 0 Å². The molecule has 0 fully saturated rings. The lowest BCUT2D eigenvalue weighted by atomic mass is 9.80. The maximum Gasteiger partial charge on any atom is 0.488 e. The molecule has 17 nitrogen and oxygen atoms in total. The molecule has 0 unspecified atom stereocenters. The fraction of sp³-hybridized carbons (Fsp3) is 0.118. The Balaban J connectivity index is 0.000000187. The molecule has 0 aliphatic heterocycles. The number of rotatable bonds is 3. The number of aromatic nitrogens is 4. The minimum Gasteiger partial charge on any atom is -0.508 e. The third-order valence-electron chi connectivity index (χ3n) is 6.82. The molecule has 0 amide bonds. The van der Waals surface area contributed by atoms with Crippen LogP contribution in [0.15, 0.2) is 90.9 Å². The lowest BCUT2D eigenvalue weighted by Gasteiger charge is -2.02. The monoisotopic (exact) mass is 966 g/mol. The van der Waals surface area contributed by atoms with Crippen LogP contribution >= 0.6 is 45.2 Å². The Morgan fingerprint density at radius 1 is 0.556 bits per heavy atom. The predicted molar refractivity (Wildman–Crippen MR) is 220 cm³/mol. The molecule has 7 rings (SSSR count). The third kappa shape index (κ3) is 12.6. The Hall–Kier alpha value is -5.46. The molecule has 7 aromatic rings. The summed E-state index contributed by atoms with van der Waals surface area (Å²) in [6.45, 7) is 7.22. The Kier molecular flexibility index (Phi) is 16.0. The number of anilines is 4. The number of aromatic hydroxyl groups is 3. The van der Waals surface area contributed by atoms with Crippen molar-refractivity contribution in [2.75, 3.05) is 22.9 Å². The fourth-order valence-electron chi connectivity index (χ4n) is 4.18. The van der Waals surface area contributed by atoms with Crippen molar-refractivity contribution in [1.82, 2.24) is 20.6 Å². The van der Waals surface area contributed by atoms with E-state index in [1.54, 1.807) is 63.2 Å². The van der Waals surface area contributed by atoms with Crippen LogP contribution in [0.5, 0.6) is 17.2 Å². The SMILES string of the molecule is Cc1cc(N)no1.Cc1onc(N)c1-c1ccc(O)c(I)c1.Cc1onc(N)c1-c1ccc(O)cc1.Cc1onc(N)c1I.OB(O)c1ccc(O)cc1. The van der Waals surface area contributed by atoms with Crippen molar-refractivity contribution in [3.05, 3.63) is 103 Å². The molecule has 54 heavy (non-hydrogen) atoms. The first-order valence-corrected chi connectivity index (χ1v) is 17.6. The smallest absolute Gasteiger partial charge is 0.488 e. The molecule has 4 heterocycles. The number of phenols is 3. The zero-order valence-corrected chi connectivity index (χ0v) is 33.5. The van der Waals surface area contributed by atoms with Crippen molar-refractivity contribution in [1.29, 1.82) is 0 Å². The maximum atomic E-state index is 9.40. The van der Waals surface area contributed by atoms with Gasteiger partial charge in [0.25, 0.3) is 0 Å². The Labute approximate surface area is 336 Å². The minimum atomic E-state index is -1.46. The van der Waals surface area contributed by atoms with Crippen LogP contribution in [0.4, 0.5) is 23.3 Å². The quantitative estimate of drug-likeness (QED) is 0.0803. The summed E-state index contributed by atoms with van der Waals surface area (Å²) in [5.74, 6) is 5.13. The molecular formula is C34H37BI2N8O9. The summed E-state index contributed by atoms with van der Waals surface area (Å²) in [7, 11) is -1.46. The van der Waals surface area contributed by atoms with E-state index in [4.69, 9.17) is 56.8 Å². The number of phenolic OH excluding ortho intramolecular Hbond substituents is 3. The molecule has 284 valence electrons. The first-order valence-electron chi connectivity index (χ1n) is 15.4. The van der Waals surface area contributed by atoms with Gasteiger partial charge in [-0.05, 0) is 126 Å². The van der Waals surface area contributed by atoms with Gasteiger partial charge in [0.2, 0.25) is 0 Å². The summed E-state index contributed by atoms with van der Waals surface area (Å²) in [6.07, 6.45) is 0. The van der Waals surface area contributed by atoms with Gasteiger partial charge in [0.15, 0.2) is 23.3 Å². The lowest BCUT2D eigenvalue weighted by Crippen LogP contribution is -2.29. The Morgan fingerprint density at radius 2 is 1.02 bits per heavy atom. The van der Waals surface area contributed by atoms with E-state index in [9.17, 15) is 5.11 Å². The second-order valence-corrected chi connectivity index (χ2v) is 13.2. The maximum absolute atomic E-state index is 9.40. The van der Waals surface area contributed by atoms with Crippen molar-refractivity contribution in [3.8, 4) is 39.5 Å². The number of hydrogen-bond acceptors (Lipinski definition) is 17. The van der Waals surface area contributed by atoms with E-state index in [1.807, 2.05) is 13.0 Å². The van der Waals surface area contributed by atoms with E-state index in [0.29, 0.717) is 40.3 Å². The van der Waals surface area contributed by atoms with E-state index in [1.165, 1.54) is 24.3 Å². The van der Waals surface area contributed by atoms with Gasteiger partial charge >= 0.3 is 7.12 Å². The van der Waals surface area contributed by atoms with Gasteiger partial charge in [-0.15, -0.1) is 0 Å². The highest BCUT2D eigenvalue weighted by molar-refractivity contribution is 14.1. The molecule has 0 radical (unpaired) electrons. The first kappa shape index (κ1) is 43.0. The number of nitrogens with two attached hydrogens (primary N) is 4. The zero-order valence-electron chi connectivity index (χ0n) is 29.2. The molecule has 4 aromatic heterocycles. The van der Waals surface area contributed by atoms with Crippen molar-refractivity contribution < 1.29 is 43.5 Å². The number of aryl methyl sites for hydroxylation is 4. The van der Waals surface area contributed by atoms with Gasteiger partial charge in [0, 0.05) is 6.07 Å². The van der Waals surface area contributed by atoms with Gasteiger partial charge in [0.1, 0.15) is 40.3 Å². The van der Waals surface area contributed by atoms with E-state index in [2.05, 4.69) is 70.3 Å². The number of halogens is 2. The molecular weight excluding hydrogens is 929 g/mol. The molecule has 20 heteroatoms. The highest BCUT2D eigenvalue weighted by atomic mass is 127. The van der Waals surface area contributed by atoms with Crippen LogP contribution in [0.2, 0.25) is 0 Å². The van der Waals surface area contributed by atoms with Gasteiger partial charge in [-0.3, -0.25) is 0 Å². The number of benzene rings is 3. The van der Waals surface area contributed by atoms with Gasteiger partial charge in [-0.1, -0.05) is 51.0 Å². The molecule has 0 spiro atoms. The van der Waals surface area contributed by atoms with Gasteiger partial charge in [-0.25, -0.2) is 0 Å². The number of nitrogen functional groups attached to an aromatic ring is 4. The summed E-state index contributed by atoms with van der Waals surface area (Å²) in [6, 6.07) is 19.3. The van der Waals surface area contributed by atoms with Gasteiger partial charge in [0.05, 0.1) is 18.3 Å². The number of nitrogens with zero attached hydrogens (tertiary/aromatic N) is 4. The van der Waals surface area contributed by atoms with E-state index >= 15 is 0 Å². The van der Waals surface area contributed by atoms with E-state index in [-0.39, 0.29) is 17.2 Å². The summed E-state index contributed by atoms with van der Waals surface area (Å²) in [4.78, 5) is 0. The minimum absolute atomic E-state index is 0.115. The van der Waals surface area contributed by atoms with E-state index < -0.39 is 7.12 Å². The molecule has 0 saturated carbocycles. The van der Waals surface area contributed by atoms with Crippen LogP contribution in [0, 0.1) is 34.8 Å². The molecule has 0 atom stereocenters. The molecule has 13 N–H and O–H groups in total. The van der Waals surface area contributed by atoms with Gasteiger partial charge < -0.3 is 66.4 Å². The van der Waals surface area contributed by atoms with E-state index in [0.717, 1.165) is 40.9 Å². The highest BCUT2D eigenvalue weighted by Gasteiger charge is 2.14.